The van der Waals surface area contributed by atoms with Gasteiger partial charge in [0.1, 0.15) is 0 Å². The second-order valence-corrected chi connectivity index (χ2v) is 6.20. The van der Waals surface area contributed by atoms with Crippen LogP contribution in [0.1, 0.15) is 27.2 Å². The molecule has 0 amide bonds. The molecule has 0 aliphatic carbocycles. The van der Waals surface area contributed by atoms with Gasteiger partial charge in [-0.3, -0.25) is 0 Å². The number of rotatable bonds is 5. The fourth-order valence-corrected chi connectivity index (χ4v) is 1.92. The zero-order valence-corrected chi connectivity index (χ0v) is 12.8. The lowest BCUT2D eigenvalue weighted by atomic mass is 9.89. The van der Waals surface area contributed by atoms with Crippen LogP contribution in [0.15, 0.2) is 10.7 Å². The van der Waals surface area contributed by atoms with E-state index in [-0.39, 0.29) is 5.41 Å². The van der Waals surface area contributed by atoms with Gasteiger partial charge in [0, 0.05) is 6.54 Å². The van der Waals surface area contributed by atoms with Gasteiger partial charge in [0.25, 0.3) is 0 Å². The minimum Gasteiger partial charge on any atom is -0.480 e. The number of aliphatic hydroxyl groups is 1. The molecular formula is C12H20BrN3O2. The summed E-state index contributed by atoms with van der Waals surface area (Å²) in [4.78, 5) is 8.25. The van der Waals surface area contributed by atoms with Crippen LogP contribution in [0.2, 0.25) is 0 Å². The molecule has 1 aromatic rings. The van der Waals surface area contributed by atoms with Crippen LogP contribution in [-0.4, -0.2) is 34.8 Å². The van der Waals surface area contributed by atoms with E-state index in [9.17, 15) is 5.11 Å². The number of anilines is 1. The molecule has 0 bridgehead atoms. The van der Waals surface area contributed by atoms with Gasteiger partial charge in [-0.1, -0.05) is 20.8 Å². The number of nitrogens with zero attached hydrogens (tertiary/aromatic N) is 2. The number of hydrogen-bond acceptors (Lipinski definition) is 5. The monoisotopic (exact) mass is 317 g/mol. The van der Waals surface area contributed by atoms with Crippen molar-refractivity contribution in [3.63, 3.8) is 0 Å². The molecule has 0 aromatic carbocycles. The molecule has 1 rings (SSSR count). The Morgan fingerprint density at radius 1 is 1.50 bits per heavy atom. The summed E-state index contributed by atoms with van der Waals surface area (Å²) in [5.41, 5.74) is 0.0966. The van der Waals surface area contributed by atoms with Gasteiger partial charge in [0.05, 0.1) is 23.9 Å². The minimum atomic E-state index is -0.428. The molecule has 102 valence electrons. The lowest BCUT2D eigenvalue weighted by Crippen LogP contribution is -2.25. The van der Waals surface area contributed by atoms with Crippen LogP contribution in [0.5, 0.6) is 5.88 Å². The number of aliphatic hydroxyl groups excluding tert-OH is 1. The fraction of sp³-hybridized carbons (Fsp3) is 0.667. The molecule has 0 saturated carbocycles. The maximum Gasteiger partial charge on any atom is 0.232 e. The summed E-state index contributed by atoms with van der Waals surface area (Å²) in [6.07, 6.45) is 1.90. The Morgan fingerprint density at radius 2 is 2.17 bits per heavy atom. The standard InChI is InChI=1S/C12H20BrN3O2/c1-12(2,3)5-8(17)6-14-11-15-7-9(13)10(16-11)18-4/h7-8,17H,5-6H2,1-4H3,(H,14,15,16). The van der Waals surface area contributed by atoms with Gasteiger partial charge in [0.2, 0.25) is 11.8 Å². The highest BCUT2D eigenvalue weighted by molar-refractivity contribution is 9.10. The van der Waals surface area contributed by atoms with Crippen molar-refractivity contribution < 1.29 is 9.84 Å². The van der Waals surface area contributed by atoms with E-state index in [0.29, 0.717) is 29.3 Å². The predicted octanol–water partition coefficient (Wildman–Crippen LogP) is 2.46. The van der Waals surface area contributed by atoms with Crippen LogP contribution in [0, 0.1) is 5.41 Å². The first-order valence-electron chi connectivity index (χ1n) is 5.80. The van der Waals surface area contributed by atoms with Crippen molar-refractivity contribution in [1.82, 2.24) is 9.97 Å². The molecule has 0 aliphatic rings. The topological polar surface area (TPSA) is 67.3 Å². The van der Waals surface area contributed by atoms with Crippen LogP contribution in [0.4, 0.5) is 5.95 Å². The number of aromatic nitrogens is 2. The average molecular weight is 318 g/mol. The molecule has 0 saturated heterocycles. The van der Waals surface area contributed by atoms with Crippen molar-refractivity contribution in [3.05, 3.63) is 10.7 Å². The summed E-state index contributed by atoms with van der Waals surface area (Å²) in [6, 6.07) is 0. The van der Waals surface area contributed by atoms with Crippen LogP contribution in [-0.2, 0) is 0 Å². The fourth-order valence-electron chi connectivity index (χ4n) is 1.57. The van der Waals surface area contributed by atoms with Crippen molar-refractivity contribution in [3.8, 4) is 5.88 Å². The zero-order valence-electron chi connectivity index (χ0n) is 11.2. The minimum absolute atomic E-state index is 0.0966. The third kappa shape index (κ3) is 5.18. The van der Waals surface area contributed by atoms with E-state index in [0.717, 1.165) is 0 Å². The van der Waals surface area contributed by atoms with Crippen LogP contribution in [0.25, 0.3) is 0 Å². The number of methoxy groups -OCH3 is 1. The van der Waals surface area contributed by atoms with Crippen LogP contribution in [0.3, 0.4) is 0 Å². The van der Waals surface area contributed by atoms with Crippen LogP contribution < -0.4 is 10.1 Å². The SMILES string of the molecule is COc1nc(NCC(O)CC(C)(C)C)ncc1Br. The van der Waals surface area contributed by atoms with Crippen molar-refractivity contribution >= 4 is 21.9 Å². The normalized spacial score (nSPS) is 13.2. The molecule has 2 N–H and O–H groups in total. The molecule has 0 radical (unpaired) electrons. The van der Waals surface area contributed by atoms with Crippen molar-refractivity contribution in [2.75, 3.05) is 19.0 Å². The second kappa shape index (κ2) is 6.33. The van der Waals surface area contributed by atoms with Gasteiger partial charge in [-0.25, -0.2) is 4.98 Å². The van der Waals surface area contributed by atoms with Gasteiger partial charge in [-0.2, -0.15) is 4.98 Å². The molecule has 5 nitrogen and oxygen atoms in total. The zero-order chi connectivity index (χ0) is 13.8. The first-order chi connectivity index (χ1) is 8.31. The van der Waals surface area contributed by atoms with Crippen molar-refractivity contribution in [2.45, 2.75) is 33.3 Å². The largest absolute Gasteiger partial charge is 0.480 e. The van der Waals surface area contributed by atoms with Crippen molar-refractivity contribution in [1.29, 1.82) is 0 Å². The summed E-state index contributed by atoms with van der Waals surface area (Å²) in [6.45, 7) is 6.70. The first-order valence-corrected chi connectivity index (χ1v) is 6.59. The molecule has 0 aliphatic heterocycles. The molecular weight excluding hydrogens is 298 g/mol. The Balaban J connectivity index is 2.53. The highest BCUT2D eigenvalue weighted by Gasteiger charge is 2.16. The van der Waals surface area contributed by atoms with E-state index in [1.54, 1.807) is 13.3 Å². The quantitative estimate of drug-likeness (QED) is 0.873. The maximum atomic E-state index is 9.87. The number of hydrogen-bond donors (Lipinski definition) is 2. The molecule has 6 heteroatoms. The molecule has 1 atom stereocenters. The first kappa shape index (κ1) is 15.2. The van der Waals surface area contributed by atoms with Gasteiger partial charge in [0.15, 0.2) is 0 Å². The Kier molecular flexibility index (Phi) is 5.34. The summed E-state index contributed by atoms with van der Waals surface area (Å²) in [5, 5.41) is 12.9. The Morgan fingerprint density at radius 3 is 2.72 bits per heavy atom. The number of nitrogens with one attached hydrogen (secondary N) is 1. The van der Waals surface area contributed by atoms with Crippen LogP contribution >= 0.6 is 15.9 Å². The Labute approximate surface area is 116 Å². The lowest BCUT2D eigenvalue weighted by Gasteiger charge is -2.22. The summed E-state index contributed by atoms with van der Waals surface area (Å²) in [5.74, 6) is 0.917. The van der Waals surface area contributed by atoms with Gasteiger partial charge in [-0.05, 0) is 27.8 Å². The Bertz CT molecular complexity index is 393. The van der Waals surface area contributed by atoms with E-state index in [1.165, 1.54) is 0 Å². The molecule has 0 spiro atoms. The van der Waals surface area contributed by atoms with Gasteiger partial charge < -0.3 is 15.2 Å². The average Bonchev–Trinajstić information content (AvgIpc) is 2.25. The van der Waals surface area contributed by atoms with Gasteiger partial charge >= 0.3 is 0 Å². The third-order valence-corrected chi connectivity index (χ3v) is 2.79. The highest BCUT2D eigenvalue weighted by atomic mass is 79.9. The molecule has 1 heterocycles. The smallest absolute Gasteiger partial charge is 0.232 e. The van der Waals surface area contributed by atoms with E-state index in [2.05, 4.69) is 52.0 Å². The number of halogens is 1. The van der Waals surface area contributed by atoms with E-state index >= 15 is 0 Å². The predicted molar refractivity (Wildman–Crippen MR) is 74.9 cm³/mol. The summed E-state index contributed by atoms with van der Waals surface area (Å²) < 4.78 is 5.77. The summed E-state index contributed by atoms with van der Waals surface area (Å²) >= 11 is 3.28. The second-order valence-electron chi connectivity index (χ2n) is 5.35. The number of ether oxygens (including phenoxy) is 1. The molecule has 1 unspecified atom stereocenters. The Hall–Kier alpha value is -0.880. The van der Waals surface area contributed by atoms with E-state index in [1.807, 2.05) is 0 Å². The third-order valence-electron chi connectivity index (χ3n) is 2.25. The van der Waals surface area contributed by atoms with E-state index in [4.69, 9.17) is 4.74 Å². The summed E-state index contributed by atoms with van der Waals surface area (Å²) in [7, 11) is 1.55. The maximum absolute atomic E-state index is 9.87. The molecule has 18 heavy (non-hydrogen) atoms. The lowest BCUT2D eigenvalue weighted by molar-refractivity contribution is 0.132. The molecule has 0 fully saturated rings. The van der Waals surface area contributed by atoms with Gasteiger partial charge in [-0.15, -0.1) is 0 Å². The highest BCUT2D eigenvalue weighted by Crippen LogP contribution is 2.23. The van der Waals surface area contributed by atoms with Crippen molar-refractivity contribution in [2.24, 2.45) is 5.41 Å². The molecule has 1 aromatic heterocycles. The van der Waals surface area contributed by atoms with E-state index < -0.39 is 6.10 Å².